The fourth-order valence-corrected chi connectivity index (χ4v) is 2.93. The Kier molecular flexibility index (Phi) is 1.89. The van der Waals surface area contributed by atoms with Gasteiger partial charge in [-0.2, -0.15) is 0 Å². The summed E-state index contributed by atoms with van der Waals surface area (Å²) in [6, 6.07) is 6.14. The Morgan fingerprint density at radius 2 is 2.31 bits per heavy atom. The Bertz CT molecular complexity index is 469. The van der Waals surface area contributed by atoms with Crippen LogP contribution in [-0.4, -0.2) is 19.1 Å². The summed E-state index contributed by atoms with van der Waals surface area (Å²) >= 11 is 0. The Morgan fingerprint density at radius 1 is 1.56 bits per heavy atom. The van der Waals surface area contributed by atoms with Crippen molar-refractivity contribution < 1.29 is 9.53 Å². The van der Waals surface area contributed by atoms with Crippen molar-refractivity contribution in [1.82, 2.24) is 0 Å². The van der Waals surface area contributed by atoms with Crippen molar-refractivity contribution in [3.63, 3.8) is 0 Å². The zero-order chi connectivity index (χ0) is 11.3. The van der Waals surface area contributed by atoms with Gasteiger partial charge in [0.25, 0.3) is 0 Å². The lowest BCUT2D eigenvalue weighted by atomic mass is 9.96. The molecule has 0 radical (unpaired) electrons. The molecule has 2 aliphatic carbocycles. The highest BCUT2D eigenvalue weighted by molar-refractivity contribution is 5.89. The van der Waals surface area contributed by atoms with Crippen LogP contribution in [0.25, 0.3) is 0 Å². The summed E-state index contributed by atoms with van der Waals surface area (Å²) in [7, 11) is 1.41. The molecule has 0 bridgehead atoms. The molecular weight excluding hydrogens is 202 g/mol. The Balaban J connectivity index is 2.05. The molecule has 2 N–H and O–H groups in total. The van der Waals surface area contributed by atoms with E-state index in [0.717, 1.165) is 19.3 Å². The Hall–Kier alpha value is -1.35. The van der Waals surface area contributed by atoms with E-state index in [-0.39, 0.29) is 17.4 Å². The molecule has 1 saturated carbocycles. The lowest BCUT2D eigenvalue weighted by Gasteiger charge is -2.10. The molecule has 3 rings (SSSR count). The average molecular weight is 217 g/mol. The maximum atomic E-state index is 11.5. The van der Waals surface area contributed by atoms with Gasteiger partial charge in [-0.25, -0.2) is 4.79 Å². The van der Waals surface area contributed by atoms with Crippen LogP contribution in [0, 0.1) is 0 Å². The zero-order valence-corrected chi connectivity index (χ0v) is 9.32. The molecule has 16 heavy (non-hydrogen) atoms. The third-order valence-electron chi connectivity index (χ3n) is 4.04. The molecule has 1 aromatic rings. The van der Waals surface area contributed by atoms with Crippen molar-refractivity contribution in [3.05, 3.63) is 34.9 Å². The van der Waals surface area contributed by atoms with E-state index in [1.807, 2.05) is 18.2 Å². The fraction of sp³-hybridized carbons (Fsp3) is 0.462. The molecular formula is C13H15NO2. The van der Waals surface area contributed by atoms with Gasteiger partial charge < -0.3 is 10.5 Å². The number of esters is 1. The third-order valence-corrected chi connectivity index (χ3v) is 4.04. The van der Waals surface area contributed by atoms with E-state index >= 15 is 0 Å². The SMILES string of the molecule is COC(=O)c1ccc2c(c1)C1(CC2)CC1N. The molecule has 84 valence electrons. The molecule has 0 heterocycles. The normalized spacial score (nSPS) is 30.2. The van der Waals surface area contributed by atoms with Gasteiger partial charge in [-0.1, -0.05) is 6.07 Å². The molecule has 2 aliphatic rings. The van der Waals surface area contributed by atoms with Crippen LogP contribution in [0.3, 0.4) is 0 Å². The molecule has 0 aliphatic heterocycles. The molecule has 0 aromatic heterocycles. The van der Waals surface area contributed by atoms with E-state index < -0.39 is 0 Å². The number of hydrogen-bond donors (Lipinski definition) is 1. The van der Waals surface area contributed by atoms with Gasteiger partial charge in [0, 0.05) is 11.5 Å². The minimum atomic E-state index is -0.265. The van der Waals surface area contributed by atoms with Crippen molar-refractivity contribution in [3.8, 4) is 0 Å². The molecule has 3 heteroatoms. The minimum Gasteiger partial charge on any atom is -0.465 e. The highest BCUT2D eigenvalue weighted by atomic mass is 16.5. The fourth-order valence-electron chi connectivity index (χ4n) is 2.93. The van der Waals surface area contributed by atoms with Gasteiger partial charge in [0.15, 0.2) is 0 Å². The lowest BCUT2D eigenvalue weighted by molar-refractivity contribution is 0.0600. The zero-order valence-electron chi connectivity index (χ0n) is 9.32. The molecule has 2 unspecified atom stereocenters. The van der Waals surface area contributed by atoms with Crippen molar-refractivity contribution in [2.24, 2.45) is 5.73 Å². The van der Waals surface area contributed by atoms with Crippen molar-refractivity contribution >= 4 is 5.97 Å². The predicted octanol–water partition coefficient (Wildman–Crippen LogP) is 1.39. The smallest absolute Gasteiger partial charge is 0.337 e. The summed E-state index contributed by atoms with van der Waals surface area (Å²) in [5.41, 5.74) is 9.47. The summed E-state index contributed by atoms with van der Waals surface area (Å²) in [6.45, 7) is 0. The van der Waals surface area contributed by atoms with Crippen LogP contribution < -0.4 is 5.73 Å². The Labute approximate surface area is 94.6 Å². The van der Waals surface area contributed by atoms with Gasteiger partial charge in [-0.3, -0.25) is 0 Å². The quantitative estimate of drug-likeness (QED) is 0.723. The van der Waals surface area contributed by atoms with Crippen LogP contribution in [0.15, 0.2) is 18.2 Å². The highest BCUT2D eigenvalue weighted by Crippen LogP contribution is 2.55. The first-order chi connectivity index (χ1) is 7.67. The van der Waals surface area contributed by atoms with Crippen LogP contribution in [0.4, 0.5) is 0 Å². The second-order valence-electron chi connectivity index (χ2n) is 4.83. The lowest BCUT2D eigenvalue weighted by Crippen LogP contribution is -2.15. The van der Waals surface area contributed by atoms with Crippen LogP contribution in [0.1, 0.15) is 34.3 Å². The number of hydrogen-bond acceptors (Lipinski definition) is 3. The van der Waals surface area contributed by atoms with Gasteiger partial charge in [0.1, 0.15) is 0 Å². The van der Waals surface area contributed by atoms with E-state index in [4.69, 9.17) is 10.5 Å². The van der Waals surface area contributed by atoms with E-state index in [1.165, 1.54) is 18.2 Å². The average Bonchev–Trinajstić information content (AvgIpc) is 2.81. The van der Waals surface area contributed by atoms with Gasteiger partial charge in [-0.15, -0.1) is 0 Å². The number of rotatable bonds is 1. The number of carbonyl (C=O) groups is 1. The summed E-state index contributed by atoms with van der Waals surface area (Å²) in [6.07, 6.45) is 3.28. The second kappa shape index (κ2) is 3.08. The number of methoxy groups -OCH3 is 1. The Morgan fingerprint density at radius 3 is 2.94 bits per heavy atom. The first-order valence-electron chi connectivity index (χ1n) is 5.65. The van der Waals surface area contributed by atoms with E-state index in [2.05, 4.69) is 0 Å². The number of aryl methyl sites for hydroxylation is 1. The van der Waals surface area contributed by atoms with Crippen molar-refractivity contribution in [1.29, 1.82) is 0 Å². The first kappa shape index (κ1) is 9.85. The summed E-state index contributed by atoms with van der Waals surface area (Å²) in [5.74, 6) is -0.265. The summed E-state index contributed by atoms with van der Waals surface area (Å²) in [4.78, 5) is 11.5. The number of carbonyl (C=O) groups excluding carboxylic acids is 1. The largest absolute Gasteiger partial charge is 0.465 e. The van der Waals surface area contributed by atoms with Crippen LogP contribution in [0.5, 0.6) is 0 Å². The van der Waals surface area contributed by atoms with E-state index in [0.29, 0.717) is 5.56 Å². The monoisotopic (exact) mass is 217 g/mol. The summed E-state index contributed by atoms with van der Waals surface area (Å²) in [5, 5.41) is 0. The molecule has 1 spiro atoms. The molecule has 1 aromatic carbocycles. The molecule has 3 nitrogen and oxygen atoms in total. The van der Waals surface area contributed by atoms with Crippen LogP contribution in [0.2, 0.25) is 0 Å². The number of fused-ring (bicyclic) bond motifs is 2. The standard InChI is InChI=1S/C13H15NO2/c1-16-12(15)9-3-2-8-4-5-13(7-11(13)14)10(8)6-9/h2-3,6,11H,4-5,7,14H2,1H3. The van der Waals surface area contributed by atoms with Crippen LogP contribution in [-0.2, 0) is 16.6 Å². The second-order valence-corrected chi connectivity index (χ2v) is 4.83. The molecule has 1 fully saturated rings. The minimum absolute atomic E-state index is 0.180. The molecule has 0 amide bonds. The van der Waals surface area contributed by atoms with E-state index in [1.54, 1.807) is 0 Å². The number of benzene rings is 1. The van der Waals surface area contributed by atoms with Gasteiger partial charge in [0.2, 0.25) is 0 Å². The third kappa shape index (κ3) is 1.15. The van der Waals surface area contributed by atoms with Crippen molar-refractivity contribution in [2.75, 3.05) is 7.11 Å². The van der Waals surface area contributed by atoms with Gasteiger partial charge in [-0.05, 0) is 42.5 Å². The summed E-state index contributed by atoms with van der Waals surface area (Å²) < 4.78 is 4.74. The number of nitrogens with two attached hydrogens (primary N) is 1. The van der Waals surface area contributed by atoms with E-state index in [9.17, 15) is 4.79 Å². The maximum Gasteiger partial charge on any atom is 0.337 e. The van der Waals surface area contributed by atoms with Gasteiger partial charge in [0.05, 0.1) is 12.7 Å². The van der Waals surface area contributed by atoms with Crippen molar-refractivity contribution in [2.45, 2.75) is 30.7 Å². The van der Waals surface area contributed by atoms with Gasteiger partial charge >= 0.3 is 5.97 Å². The number of ether oxygens (including phenoxy) is 1. The maximum absolute atomic E-state index is 11.5. The molecule has 0 saturated heterocycles. The predicted molar refractivity (Wildman–Crippen MR) is 60.4 cm³/mol. The first-order valence-corrected chi connectivity index (χ1v) is 5.65. The topological polar surface area (TPSA) is 52.3 Å². The highest BCUT2D eigenvalue weighted by Gasteiger charge is 2.56. The van der Waals surface area contributed by atoms with Crippen LogP contribution >= 0.6 is 0 Å². The molecule has 2 atom stereocenters.